The molecular formula is C18H18ClFN2O2S. The van der Waals surface area contributed by atoms with Crippen LogP contribution in [0.1, 0.15) is 41.2 Å². The Balaban J connectivity index is 1.53. The molecule has 0 aliphatic carbocycles. The molecule has 0 saturated carbocycles. The molecule has 0 radical (unpaired) electrons. The van der Waals surface area contributed by atoms with E-state index in [1.54, 1.807) is 11.3 Å². The van der Waals surface area contributed by atoms with E-state index < -0.39 is 11.7 Å². The first kappa shape index (κ1) is 17.9. The van der Waals surface area contributed by atoms with Gasteiger partial charge in [0.15, 0.2) is 0 Å². The van der Waals surface area contributed by atoms with Gasteiger partial charge in [-0.2, -0.15) is 11.3 Å². The standard InChI is InChI=1S/C18H18ClFN2O2S/c19-15-10-13(20)3-4-14(15)18(24)21-7-5-17(23)22-8-1-2-16(22)12-6-9-25-11-12/h3-4,6,9-11,16H,1-2,5,7-8H2,(H,21,24). The van der Waals surface area contributed by atoms with Gasteiger partial charge in [-0.15, -0.1) is 0 Å². The molecule has 1 aromatic heterocycles. The predicted molar refractivity (Wildman–Crippen MR) is 96.4 cm³/mol. The maximum Gasteiger partial charge on any atom is 0.252 e. The molecule has 0 bridgehead atoms. The van der Waals surface area contributed by atoms with Gasteiger partial charge in [0.05, 0.1) is 16.6 Å². The van der Waals surface area contributed by atoms with E-state index in [4.69, 9.17) is 11.6 Å². The van der Waals surface area contributed by atoms with Crippen LogP contribution >= 0.6 is 22.9 Å². The van der Waals surface area contributed by atoms with Crippen molar-refractivity contribution in [2.45, 2.75) is 25.3 Å². The van der Waals surface area contributed by atoms with Gasteiger partial charge in [-0.25, -0.2) is 4.39 Å². The Labute approximate surface area is 154 Å². The van der Waals surface area contributed by atoms with Crippen molar-refractivity contribution in [1.82, 2.24) is 10.2 Å². The molecule has 1 fully saturated rings. The third kappa shape index (κ3) is 4.19. The van der Waals surface area contributed by atoms with E-state index >= 15 is 0 Å². The molecule has 2 aromatic rings. The molecule has 1 unspecified atom stereocenters. The number of carbonyl (C=O) groups excluding carboxylic acids is 2. The Kier molecular flexibility index (Phi) is 5.71. The van der Waals surface area contributed by atoms with Crippen LogP contribution in [0.25, 0.3) is 0 Å². The van der Waals surface area contributed by atoms with Gasteiger partial charge in [0.25, 0.3) is 5.91 Å². The van der Waals surface area contributed by atoms with Crippen LogP contribution in [-0.4, -0.2) is 29.8 Å². The molecule has 1 saturated heterocycles. The maximum absolute atomic E-state index is 13.0. The third-order valence-electron chi connectivity index (χ3n) is 4.30. The molecule has 7 heteroatoms. The largest absolute Gasteiger partial charge is 0.351 e. The first-order chi connectivity index (χ1) is 12.1. The van der Waals surface area contributed by atoms with Gasteiger partial charge in [0.1, 0.15) is 5.82 Å². The van der Waals surface area contributed by atoms with Gasteiger partial charge < -0.3 is 10.2 Å². The van der Waals surface area contributed by atoms with E-state index in [1.807, 2.05) is 10.3 Å². The lowest BCUT2D eigenvalue weighted by atomic mass is 10.1. The van der Waals surface area contributed by atoms with Gasteiger partial charge in [-0.3, -0.25) is 9.59 Å². The summed E-state index contributed by atoms with van der Waals surface area (Å²) < 4.78 is 13.0. The molecule has 1 aliphatic rings. The number of hydrogen-bond donors (Lipinski definition) is 1. The van der Waals surface area contributed by atoms with E-state index in [0.29, 0.717) is 0 Å². The molecule has 25 heavy (non-hydrogen) atoms. The van der Waals surface area contributed by atoms with Gasteiger partial charge in [-0.05, 0) is 53.4 Å². The Bertz CT molecular complexity index is 766. The normalized spacial score (nSPS) is 16.9. The molecule has 1 N–H and O–H groups in total. The zero-order chi connectivity index (χ0) is 17.8. The summed E-state index contributed by atoms with van der Waals surface area (Å²) in [5.41, 5.74) is 1.38. The van der Waals surface area contributed by atoms with Crippen molar-refractivity contribution in [1.29, 1.82) is 0 Å². The average Bonchev–Trinajstić information content (AvgIpc) is 3.25. The number of halogens is 2. The maximum atomic E-state index is 13.0. The second-order valence-electron chi connectivity index (χ2n) is 5.93. The quantitative estimate of drug-likeness (QED) is 0.851. The Morgan fingerprint density at radius 1 is 1.36 bits per heavy atom. The SMILES string of the molecule is O=C(NCCC(=O)N1CCCC1c1ccsc1)c1ccc(F)cc1Cl. The zero-order valence-electron chi connectivity index (χ0n) is 13.5. The van der Waals surface area contributed by atoms with E-state index in [9.17, 15) is 14.0 Å². The summed E-state index contributed by atoms with van der Waals surface area (Å²) in [4.78, 5) is 26.5. The molecule has 4 nitrogen and oxygen atoms in total. The molecule has 3 rings (SSSR count). The highest BCUT2D eigenvalue weighted by molar-refractivity contribution is 7.08. The molecule has 1 aromatic carbocycles. The van der Waals surface area contributed by atoms with Crippen LogP contribution in [0.4, 0.5) is 4.39 Å². The van der Waals surface area contributed by atoms with Crippen molar-refractivity contribution in [2.75, 3.05) is 13.1 Å². The number of nitrogens with zero attached hydrogens (tertiary/aromatic N) is 1. The molecule has 2 amide bonds. The highest BCUT2D eigenvalue weighted by Crippen LogP contribution is 2.33. The molecule has 132 valence electrons. The van der Waals surface area contributed by atoms with Crippen LogP contribution in [0.2, 0.25) is 5.02 Å². The topological polar surface area (TPSA) is 49.4 Å². The predicted octanol–water partition coefficient (Wildman–Crippen LogP) is 4.02. The number of thiophene rings is 1. The van der Waals surface area contributed by atoms with Crippen LogP contribution in [-0.2, 0) is 4.79 Å². The van der Waals surface area contributed by atoms with Crippen LogP contribution in [0.5, 0.6) is 0 Å². The van der Waals surface area contributed by atoms with Crippen molar-refractivity contribution in [3.8, 4) is 0 Å². The Hall–Kier alpha value is -1.92. The summed E-state index contributed by atoms with van der Waals surface area (Å²) in [6.45, 7) is 0.968. The minimum atomic E-state index is -0.495. The van der Waals surface area contributed by atoms with E-state index in [0.717, 1.165) is 25.5 Å². The minimum Gasteiger partial charge on any atom is -0.351 e. The second-order valence-corrected chi connectivity index (χ2v) is 7.12. The number of carbonyl (C=O) groups is 2. The number of amides is 2. The summed E-state index contributed by atoms with van der Waals surface area (Å²) in [5.74, 6) is -0.877. The van der Waals surface area contributed by atoms with Crippen LogP contribution in [0, 0.1) is 5.82 Å². The summed E-state index contributed by atoms with van der Waals surface area (Å²) in [7, 11) is 0. The van der Waals surface area contributed by atoms with Crippen molar-refractivity contribution in [3.63, 3.8) is 0 Å². The van der Waals surface area contributed by atoms with Crippen LogP contribution < -0.4 is 5.32 Å². The Morgan fingerprint density at radius 2 is 2.20 bits per heavy atom. The second kappa shape index (κ2) is 7.97. The summed E-state index contributed by atoms with van der Waals surface area (Å²) in [6.07, 6.45) is 2.19. The van der Waals surface area contributed by atoms with E-state index in [2.05, 4.69) is 16.8 Å². The van der Waals surface area contributed by atoms with Gasteiger partial charge in [0, 0.05) is 19.5 Å². The molecule has 1 atom stereocenters. The monoisotopic (exact) mass is 380 g/mol. The van der Waals surface area contributed by atoms with Crippen LogP contribution in [0.3, 0.4) is 0 Å². The van der Waals surface area contributed by atoms with Gasteiger partial charge in [-0.1, -0.05) is 11.6 Å². The van der Waals surface area contributed by atoms with Gasteiger partial charge >= 0.3 is 0 Å². The number of rotatable bonds is 5. The first-order valence-corrected chi connectivity index (χ1v) is 9.43. The lowest BCUT2D eigenvalue weighted by molar-refractivity contribution is -0.132. The van der Waals surface area contributed by atoms with Crippen molar-refractivity contribution in [2.24, 2.45) is 0 Å². The van der Waals surface area contributed by atoms with Crippen molar-refractivity contribution >= 4 is 34.8 Å². The molecule has 0 spiro atoms. The fourth-order valence-electron chi connectivity index (χ4n) is 3.07. The third-order valence-corrected chi connectivity index (χ3v) is 5.32. The highest BCUT2D eigenvalue weighted by atomic mass is 35.5. The number of benzene rings is 1. The summed E-state index contributed by atoms with van der Waals surface area (Å²) in [6, 6.07) is 5.81. The molecule has 2 heterocycles. The van der Waals surface area contributed by atoms with Crippen molar-refractivity contribution in [3.05, 3.63) is 57.0 Å². The fourth-order valence-corrected chi connectivity index (χ4v) is 4.03. The van der Waals surface area contributed by atoms with Crippen molar-refractivity contribution < 1.29 is 14.0 Å². The summed E-state index contributed by atoms with van der Waals surface area (Å²) in [5, 5.41) is 6.82. The molecule has 1 aliphatic heterocycles. The smallest absolute Gasteiger partial charge is 0.252 e. The first-order valence-electron chi connectivity index (χ1n) is 8.11. The van der Waals surface area contributed by atoms with E-state index in [-0.39, 0.29) is 35.5 Å². The van der Waals surface area contributed by atoms with E-state index in [1.165, 1.54) is 17.7 Å². The fraction of sp³-hybridized carbons (Fsp3) is 0.333. The lowest BCUT2D eigenvalue weighted by Crippen LogP contribution is -2.34. The highest BCUT2D eigenvalue weighted by Gasteiger charge is 2.29. The zero-order valence-corrected chi connectivity index (χ0v) is 15.1. The van der Waals surface area contributed by atoms with Gasteiger partial charge in [0.2, 0.25) is 5.91 Å². The average molecular weight is 381 g/mol. The number of likely N-dealkylation sites (tertiary alicyclic amines) is 1. The number of hydrogen-bond acceptors (Lipinski definition) is 3. The Morgan fingerprint density at radius 3 is 2.92 bits per heavy atom. The molecular weight excluding hydrogens is 363 g/mol. The summed E-state index contributed by atoms with van der Waals surface area (Å²) >= 11 is 7.50. The lowest BCUT2D eigenvalue weighted by Gasteiger charge is -2.24. The number of nitrogens with one attached hydrogen (secondary N) is 1. The van der Waals surface area contributed by atoms with Crippen LogP contribution in [0.15, 0.2) is 35.0 Å². The minimum absolute atomic E-state index is 0.0270.